The summed E-state index contributed by atoms with van der Waals surface area (Å²) in [5, 5.41) is 11.7. The number of rotatable bonds is 10. The van der Waals surface area contributed by atoms with E-state index < -0.39 is 0 Å². The van der Waals surface area contributed by atoms with Crippen molar-refractivity contribution in [2.45, 2.75) is 58.2 Å². The van der Waals surface area contributed by atoms with Gasteiger partial charge in [-0.25, -0.2) is 0 Å². The van der Waals surface area contributed by atoms with Crippen LogP contribution in [0.2, 0.25) is 0 Å². The molecule has 0 aliphatic heterocycles. The summed E-state index contributed by atoms with van der Waals surface area (Å²) in [5.74, 6) is 0.667. The summed E-state index contributed by atoms with van der Waals surface area (Å²) < 4.78 is 11.0. The van der Waals surface area contributed by atoms with Crippen molar-refractivity contribution in [1.82, 2.24) is 15.5 Å². The Balaban J connectivity index is 1.98. The Hall–Kier alpha value is -1.14. The highest BCUT2D eigenvalue weighted by Gasteiger charge is 2.23. The molecule has 20 heavy (non-hydrogen) atoms. The van der Waals surface area contributed by atoms with E-state index in [4.69, 9.17) is 9.15 Å². The van der Waals surface area contributed by atoms with Gasteiger partial charge in [0.25, 0.3) is 0 Å². The Morgan fingerprint density at radius 1 is 1.35 bits per heavy atom. The van der Waals surface area contributed by atoms with Crippen LogP contribution in [0.5, 0.6) is 0 Å². The molecule has 6 nitrogen and oxygen atoms in total. The van der Waals surface area contributed by atoms with Crippen molar-refractivity contribution in [3.8, 4) is 0 Å². The predicted molar refractivity (Wildman–Crippen MR) is 77.8 cm³/mol. The molecule has 1 N–H and O–H groups in total. The molecular weight excluding hydrogens is 256 g/mol. The number of anilines is 1. The second-order valence-electron chi connectivity index (χ2n) is 5.29. The molecule has 0 unspecified atom stereocenters. The SMILES string of the molecule is CCC(CC)N(CCOC)c1nnc(CNC2CC2)o1. The minimum Gasteiger partial charge on any atom is -0.407 e. The number of nitrogens with zero attached hydrogens (tertiary/aromatic N) is 3. The van der Waals surface area contributed by atoms with Crippen molar-refractivity contribution in [1.29, 1.82) is 0 Å². The van der Waals surface area contributed by atoms with Crippen LogP contribution in [-0.4, -0.2) is 42.5 Å². The second kappa shape index (κ2) is 7.59. The summed E-state index contributed by atoms with van der Waals surface area (Å²) in [7, 11) is 1.71. The maximum absolute atomic E-state index is 5.79. The average Bonchev–Trinajstić information content (AvgIpc) is 3.19. The fraction of sp³-hybridized carbons (Fsp3) is 0.857. The lowest BCUT2D eigenvalue weighted by Crippen LogP contribution is -2.37. The zero-order chi connectivity index (χ0) is 14.4. The van der Waals surface area contributed by atoms with Crippen molar-refractivity contribution in [2.24, 2.45) is 0 Å². The van der Waals surface area contributed by atoms with Crippen LogP contribution in [0.3, 0.4) is 0 Å². The van der Waals surface area contributed by atoms with Crippen LogP contribution in [0.15, 0.2) is 4.42 Å². The van der Waals surface area contributed by atoms with E-state index in [0.717, 1.165) is 19.4 Å². The zero-order valence-electron chi connectivity index (χ0n) is 12.8. The van der Waals surface area contributed by atoms with Gasteiger partial charge >= 0.3 is 6.01 Å². The van der Waals surface area contributed by atoms with E-state index in [1.165, 1.54) is 12.8 Å². The molecular formula is C14H26N4O2. The normalized spacial score (nSPS) is 15.0. The number of nitrogens with one attached hydrogen (secondary N) is 1. The molecule has 0 atom stereocenters. The molecule has 1 aromatic rings. The molecule has 0 saturated heterocycles. The molecule has 1 aromatic heterocycles. The monoisotopic (exact) mass is 282 g/mol. The zero-order valence-corrected chi connectivity index (χ0v) is 12.8. The third kappa shape index (κ3) is 4.18. The largest absolute Gasteiger partial charge is 0.407 e. The van der Waals surface area contributed by atoms with Crippen molar-refractivity contribution < 1.29 is 9.15 Å². The lowest BCUT2D eigenvalue weighted by molar-refractivity contribution is 0.200. The fourth-order valence-electron chi connectivity index (χ4n) is 2.30. The molecule has 0 radical (unpaired) electrons. The fourth-order valence-corrected chi connectivity index (χ4v) is 2.30. The van der Waals surface area contributed by atoms with E-state index in [1.54, 1.807) is 7.11 Å². The summed E-state index contributed by atoms with van der Waals surface area (Å²) in [4.78, 5) is 2.16. The second-order valence-corrected chi connectivity index (χ2v) is 5.29. The van der Waals surface area contributed by atoms with Crippen molar-refractivity contribution in [2.75, 3.05) is 25.2 Å². The topological polar surface area (TPSA) is 63.4 Å². The highest BCUT2D eigenvalue weighted by molar-refractivity contribution is 5.26. The molecule has 1 heterocycles. The van der Waals surface area contributed by atoms with Crippen LogP contribution in [0.25, 0.3) is 0 Å². The van der Waals surface area contributed by atoms with Crippen LogP contribution >= 0.6 is 0 Å². The van der Waals surface area contributed by atoms with Crippen molar-refractivity contribution in [3.63, 3.8) is 0 Å². The Bertz CT molecular complexity index is 388. The summed E-state index contributed by atoms with van der Waals surface area (Å²) in [6.07, 6.45) is 4.62. The van der Waals surface area contributed by atoms with Gasteiger partial charge in [-0.05, 0) is 25.7 Å². The summed E-state index contributed by atoms with van der Waals surface area (Å²) in [6.45, 7) is 6.47. The minimum absolute atomic E-state index is 0.412. The lowest BCUT2D eigenvalue weighted by atomic mass is 10.1. The Morgan fingerprint density at radius 3 is 2.70 bits per heavy atom. The molecule has 0 spiro atoms. The van der Waals surface area contributed by atoms with Gasteiger partial charge in [-0.1, -0.05) is 18.9 Å². The number of hydrogen-bond acceptors (Lipinski definition) is 6. The van der Waals surface area contributed by atoms with Gasteiger partial charge in [0.15, 0.2) is 0 Å². The van der Waals surface area contributed by atoms with E-state index in [2.05, 4.69) is 34.3 Å². The van der Waals surface area contributed by atoms with E-state index in [9.17, 15) is 0 Å². The predicted octanol–water partition coefficient (Wildman–Crippen LogP) is 1.96. The Morgan fingerprint density at radius 2 is 2.10 bits per heavy atom. The van der Waals surface area contributed by atoms with Gasteiger partial charge in [-0.15, -0.1) is 5.10 Å². The highest BCUT2D eigenvalue weighted by Crippen LogP contribution is 2.21. The smallest absolute Gasteiger partial charge is 0.318 e. The van der Waals surface area contributed by atoms with Crippen LogP contribution < -0.4 is 10.2 Å². The molecule has 1 saturated carbocycles. The molecule has 114 valence electrons. The van der Waals surface area contributed by atoms with E-state index in [0.29, 0.717) is 37.1 Å². The summed E-state index contributed by atoms with van der Waals surface area (Å²) >= 11 is 0. The van der Waals surface area contributed by atoms with Crippen LogP contribution in [0, 0.1) is 0 Å². The average molecular weight is 282 g/mol. The molecule has 0 bridgehead atoms. The number of hydrogen-bond donors (Lipinski definition) is 1. The molecule has 0 aromatic carbocycles. The van der Waals surface area contributed by atoms with Gasteiger partial charge in [0.05, 0.1) is 13.2 Å². The van der Waals surface area contributed by atoms with Gasteiger partial charge in [0.1, 0.15) is 0 Å². The van der Waals surface area contributed by atoms with Gasteiger partial charge < -0.3 is 19.4 Å². The maximum atomic E-state index is 5.79. The van der Waals surface area contributed by atoms with E-state index in [1.807, 2.05) is 0 Å². The first kappa shape index (κ1) is 15.3. The lowest BCUT2D eigenvalue weighted by Gasteiger charge is -2.28. The third-order valence-corrected chi connectivity index (χ3v) is 3.74. The maximum Gasteiger partial charge on any atom is 0.318 e. The van der Waals surface area contributed by atoms with E-state index in [-0.39, 0.29) is 0 Å². The molecule has 2 rings (SSSR count). The number of methoxy groups -OCH3 is 1. The third-order valence-electron chi connectivity index (χ3n) is 3.74. The molecule has 1 aliphatic rings. The van der Waals surface area contributed by atoms with Gasteiger partial charge in [0.2, 0.25) is 5.89 Å². The molecule has 0 amide bonds. The Kier molecular flexibility index (Phi) is 5.79. The first-order chi connectivity index (χ1) is 9.78. The number of ether oxygens (including phenoxy) is 1. The highest BCUT2D eigenvalue weighted by atomic mass is 16.5. The number of aromatic nitrogens is 2. The van der Waals surface area contributed by atoms with Gasteiger partial charge in [-0.3, -0.25) is 0 Å². The van der Waals surface area contributed by atoms with Gasteiger partial charge in [-0.2, -0.15) is 0 Å². The van der Waals surface area contributed by atoms with Crippen molar-refractivity contribution >= 4 is 6.01 Å². The molecule has 1 fully saturated rings. The Labute approximate surface area is 120 Å². The van der Waals surface area contributed by atoms with Crippen LogP contribution in [0.1, 0.15) is 45.4 Å². The standard InChI is InChI=1S/C14H26N4O2/c1-4-12(5-2)18(8-9-19-3)14-17-16-13(20-14)10-15-11-6-7-11/h11-12,15H,4-10H2,1-3H3. The minimum atomic E-state index is 0.412. The van der Waals surface area contributed by atoms with Crippen molar-refractivity contribution in [3.05, 3.63) is 5.89 Å². The molecule has 1 aliphatic carbocycles. The van der Waals surface area contributed by atoms with Crippen LogP contribution in [0.4, 0.5) is 6.01 Å². The summed E-state index contributed by atoms with van der Waals surface area (Å²) in [6, 6.07) is 1.67. The van der Waals surface area contributed by atoms with Crippen LogP contribution in [-0.2, 0) is 11.3 Å². The first-order valence-corrected chi connectivity index (χ1v) is 7.59. The summed E-state index contributed by atoms with van der Waals surface area (Å²) in [5.41, 5.74) is 0. The first-order valence-electron chi connectivity index (χ1n) is 7.59. The van der Waals surface area contributed by atoms with E-state index >= 15 is 0 Å². The quantitative estimate of drug-likeness (QED) is 0.708. The van der Waals surface area contributed by atoms with Gasteiger partial charge in [0, 0.05) is 25.7 Å². The molecule has 6 heteroatoms.